The average Bonchev–Trinajstić information content (AvgIpc) is 2.94. The molecule has 2 nitrogen and oxygen atoms in total. The fourth-order valence-electron chi connectivity index (χ4n) is 3.09. The molecule has 0 aliphatic heterocycles. The first-order valence-corrected chi connectivity index (χ1v) is 8.25. The normalized spacial score (nSPS) is 14.5. The first-order valence-electron chi connectivity index (χ1n) is 7.43. The molecule has 0 saturated carbocycles. The van der Waals surface area contributed by atoms with Crippen molar-refractivity contribution in [2.45, 2.75) is 12.8 Å². The molecule has 1 aromatic heterocycles. The number of benzene rings is 2. The van der Waals surface area contributed by atoms with Crippen molar-refractivity contribution < 1.29 is 10.0 Å². The summed E-state index contributed by atoms with van der Waals surface area (Å²) in [5.41, 5.74) is 3.07. The van der Waals surface area contributed by atoms with Crippen LogP contribution in [0.3, 0.4) is 0 Å². The minimum atomic E-state index is -1.44. The molecule has 0 saturated heterocycles. The molecular formula is C18H15BO2S. The monoisotopic (exact) mass is 306 g/mol. The molecule has 0 fully saturated rings. The van der Waals surface area contributed by atoms with Crippen LogP contribution < -0.4 is 5.46 Å². The number of allylic oxidation sites excluding steroid dienone is 4. The molecule has 2 aromatic carbocycles. The van der Waals surface area contributed by atoms with Crippen LogP contribution in [0.1, 0.15) is 18.4 Å². The van der Waals surface area contributed by atoms with Gasteiger partial charge in [-0.3, -0.25) is 0 Å². The summed E-state index contributed by atoms with van der Waals surface area (Å²) in [6.45, 7) is 0. The number of fused-ring (bicyclic) bond motifs is 3. The van der Waals surface area contributed by atoms with Crippen molar-refractivity contribution in [1.29, 1.82) is 0 Å². The van der Waals surface area contributed by atoms with Crippen molar-refractivity contribution in [2.24, 2.45) is 0 Å². The largest absolute Gasteiger partial charge is 0.489 e. The average molecular weight is 306 g/mol. The molecule has 0 radical (unpaired) electrons. The zero-order valence-corrected chi connectivity index (χ0v) is 12.8. The molecule has 22 heavy (non-hydrogen) atoms. The predicted molar refractivity (Wildman–Crippen MR) is 95.5 cm³/mol. The van der Waals surface area contributed by atoms with Gasteiger partial charge in [-0.2, -0.15) is 0 Å². The summed E-state index contributed by atoms with van der Waals surface area (Å²) >= 11 is 1.64. The quantitative estimate of drug-likeness (QED) is 0.712. The Labute approximate surface area is 133 Å². The van der Waals surface area contributed by atoms with Crippen molar-refractivity contribution in [3.63, 3.8) is 0 Å². The molecule has 0 amide bonds. The summed E-state index contributed by atoms with van der Waals surface area (Å²) < 4.78 is 2.17. The molecule has 4 rings (SSSR count). The molecule has 1 heterocycles. The van der Waals surface area contributed by atoms with Gasteiger partial charge in [0, 0.05) is 14.8 Å². The smallest absolute Gasteiger partial charge is 0.423 e. The van der Waals surface area contributed by atoms with Gasteiger partial charge in [-0.25, -0.2) is 0 Å². The molecule has 108 valence electrons. The van der Waals surface area contributed by atoms with Crippen molar-refractivity contribution in [1.82, 2.24) is 0 Å². The van der Waals surface area contributed by atoms with E-state index in [4.69, 9.17) is 0 Å². The van der Waals surface area contributed by atoms with Crippen molar-refractivity contribution >= 4 is 49.7 Å². The first kappa shape index (κ1) is 13.8. The van der Waals surface area contributed by atoms with Gasteiger partial charge in [-0.05, 0) is 34.8 Å². The maximum Gasteiger partial charge on any atom is 0.489 e. The minimum absolute atomic E-state index is 0.581. The molecular weight excluding hydrogens is 291 g/mol. The lowest BCUT2D eigenvalue weighted by atomic mass is 9.79. The molecule has 2 N–H and O–H groups in total. The number of hydrogen-bond acceptors (Lipinski definition) is 3. The fraction of sp³-hybridized carbons (Fsp3) is 0.111. The summed E-state index contributed by atoms with van der Waals surface area (Å²) in [4.78, 5) is 0. The van der Waals surface area contributed by atoms with Crippen LogP contribution in [-0.2, 0) is 0 Å². The van der Waals surface area contributed by atoms with Gasteiger partial charge < -0.3 is 10.0 Å². The van der Waals surface area contributed by atoms with Gasteiger partial charge in [-0.15, -0.1) is 11.3 Å². The van der Waals surface area contributed by atoms with E-state index in [1.54, 1.807) is 17.4 Å². The Hall–Kier alpha value is -1.88. The first-order chi connectivity index (χ1) is 10.8. The second-order valence-corrected chi connectivity index (χ2v) is 6.54. The van der Waals surface area contributed by atoms with Gasteiger partial charge in [0.2, 0.25) is 0 Å². The molecule has 0 atom stereocenters. The summed E-state index contributed by atoms with van der Waals surface area (Å²) in [6.07, 6.45) is 8.86. The Morgan fingerprint density at radius 2 is 1.68 bits per heavy atom. The van der Waals surface area contributed by atoms with Crippen LogP contribution in [0, 0.1) is 0 Å². The van der Waals surface area contributed by atoms with Crippen molar-refractivity contribution in [3.8, 4) is 0 Å². The van der Waals surface area contributed by atoms with Crippen LogP contribution >= 0.6 is 11.3 Å². The molecule has 1 aliphatic rings. The van der Waals surface area contributed by atoms with E-state index in [1.165, 1.54) is 21.2 Å². The third kappa shape index (κ3) is 2.12. The van der Waals surface area contributed by atoms with Crippen molar-refractivity contribution in [2.75, 3.05) is 0 Å². The van der Waals surface area contributed by atoms with E-state index in [0.29, 0.717) is 5.46 Å². The fourth-order valence-corrected chi connectivity index (χ4v) is 4.45. The summed E-state index contributed by atoms with van der Waals surface area (Å²) in [7, 11) is -1.44. The van der Waals surface area contributed by atoms with Crippen LogP contribution in [-0.4, -0.2) is 17.2 Å². The number of thiophene rings is 1. The lowest BCUT2D eigenvalue weighted by Gasteiger charge is -2.08. The lowest BCUT2D eigenvalue weighted by Crippen LogP contribution is -2.29. The summed E-state index contributed by atoms with van der Waals surface area (Å²) in [5, 5.41) is 21.5. The standard InChI is InChI=1S/C18H15BO2S/c20-19(21)16-11-5-10-15-14-9-4-8-13(17(14)22-18(15)16)12-6-2-1-3-7-12/h2,4-11,20-21H,1,3H2. The summed E-state index contributed by atoms with van der Waals surface area (Å²) in [6, 6.07) is 12.0. The Morgan fingerprint density at radius 1 is 0.909 bits per heavy atom. The van der Waals surface area contributed by atoms with E-state index in [2.05, 4.69) is 42.5 Å². The van der Waals surface area contributed by atoms with Gasteiger partial charge in [0.25, 0.3) is 0 Å². The maximum absolute atomic E-state index is 9.60. The van der Waals surface area contributed by atoms with Crippen LogP contribution in [0.5, 0.6) is 0 Å². The van der Waals surface area contributed by atoms with Gasteiger partial charge in [0.15, 0.2) is 0 Å². The SMILES string of the molecule is OB(O)c1cccc2c1sc1c(C3=CCCC=C3)cccc12. The molecule has 0 spiro atoms. The Kier molecular flexibility index (Phi) is 3.38. The third-order valence-electron chi connectivity index (χ3n) is 4.14. The van der Waals surface area contributed by atoms with E-state index in [-0.39, 0.29) is 0 Å². The molecule has 0 unspecified atom stereocenters. The number of rotatable bonds is 2. The molecule has 4 heteroatoms. The van der Waals surface area contributed by atoms with Crippen LogP contribution in [0.4, 0.5) is 0 Å². The van der Waals surface area contributed by atoms with Gasteiger partial charge in [-0.1, -0.05) is 54.6 Å². The van der Waals surface area contributed by atoms with Gasteiger partial charge >= 0.3 is 7.12 Å². The highest BCUT2D eigenvalue weighted by Crippen LogP contribution is 2.38. The minimum Gasteiger partial charge on any atom is -0.423 e. The van der Waals surface area contributed by atoms with Gasteiger partial charge in [0.1, 0.15) is 0 Å². The second-order valence-electron chi connectivity index (χ2n) is 5.52. The van der Waals surface area contributed by atoms with Crippen LogP contribution in [0.2, 0.25) is 0 Å². The van der Waals surface area contributed by atoms with Crippen molar-refractivity contribution in [3.05, 3.63) is 60.2 Å². The Morgan fingerprint density at radius 3 is 2.41 bits per heavy atom. The number of hydrogen-bond donors (Lipinski definition) is 2. The van der Waals surface area contributed by atoms with Crippen LogP contribution in [0.15, 0.2) is 54.6 Å². The highest BCUT2D eigenvalue weighted by molar-refractivity contribution is 7.27. The Bertz CT molecular complexity index is 921. The highest BCUT2D eigenvalue weighted by atomic mass is 32.1. The van der Waals surface area contributed by atoms with E-state index >= 15 is 0 Å². The second kappa shape index (κ2) is 5.40. The van der Waals surface area contributed by atoms with E-state index in [1.807, 2.05) is 6.07 Å². The van der Waals surface area contributed by atoms with E-state index in [9.17, 15) is 10.0 Å². The van der Waals surface area contributed by atoms with E-state index in [0.717, 1.165) is 22.9 Å². The molecule has 0 bridgehead atoms. The van der Waals surface area contributed by atoms with E-state index < -0.39 is 7.12 Å². The predicted octanol–water partition coefficient (Wildman–Crippen LogP) is 3.47. The topological polar surface area (TPSA) is 40.5 Å². The van der Waals surface area contributed by atoms with Gasteiger partial charge in [0.05, 0.1) is 0 Å². The highest BCUT2D eigenvalue weighted by Gasteiger charge is 2.19. The summed E-state index contributed by atoms with van der Waals surface area (Å²) in [5.74, 6) is 0. The van der Waals surface area contributed by atoms with Crippen LogP contribution in [0.25, 0.3) is 25.7 Å². The molecule has 3 aromatic rings. The lowest BCUT2D eigenvalue weighted by molar-refractivity contribution is 0.426. The zero-order valence-electron chi connectivity index (χ0n) is 12.0. The maximum atomic E-state index is 9.60. The third-order valence-corrected chi connectivity index (χ3v) is 5.44. The Balaban J connectivity index is 2.05. The molecule has 1 aliphatic carbocycles. The zero-order chi connectivity index (χ0) is 15.1.